The normalized spacial score (nSPS) is 31.7. The summed E-state index contributed by atoms with van der Waals surface area (Å²) in [7, 11) is 2.74. The maximum atomic E-state index is 11.2. The zero-order chi connectivity index (χ0) is 61.0. The molecule has 464 valence electrons. The average molecular weight is 1130 g/mol. The molecule has 5 aliphatic heterocycles. The number of hydrogen-bond donors (Lipinski definition) is 7. The first-order valence-electron chi connectivity index (χ1n) is 29.6. The van der Waals surface area contributed by atoms with Crippen LogP contribution in [-0.4, -0.2) is 216 Å². The third kappa shape index (κ3) is 21.6. The Hall–Kier alpha value is -3.58. The molecule has 0 radical (unpaired) electrons. The molecule has 7 rings (SSSR count). The van der Waals surface area contributed by atoms with E-state index in [2.05, 4.69) is 204 Å². The summed E-state index contributed by atoms with van der Waals surface area (Å²) in [6.07, 6.45) is 7.64. The molecule has 0 aliphatic carbocycles. The van der Waals surface area contributed by atoms with Gasteiger partial charge in [0, 0.05) is 136 Å². The number of nitrogens with two attached hydrogens (primary N) is 5. The number of likely N-dealkylation sites (tertiary alicyclic amines) is 5. The summed E-state index contributed by atoms with van der Waals surface area (Å²) >= 11 is 0. The number of nitrogens with zero attached hydrogens (tertiary/aromatic N) is 11. The number of rotatable bonds is 4. The van der Waals surface area contributed by atoms with E-state index in [4.69, 9.17) is 28.7 Å². The highest BCUT2D eigenvalue weighted by molar-refractivity contribution is 5.68. The minimum Gasteiger partial charge on any atom is -0.453 e. The van der Waals surface area contributed by atoms with E-state index in [-0.39, 0.29) is 76.0 Å². The first-order chi connectivity index (χ1) is 36.7. The summed E-state index contributed by atoms with van der Waals surface area (Å²) < 4.78 is 13.1. The van der Waals surface area contributed by atoms with Crippen LogP contribution in [-0.2, 0) is 9.47 Å². The van der Waals surface area contributed by atoms with Gasteiger partial charge in [-0.3, -0.25) is 24.5 Å². The van der Waals surface area contributed by atoms with Gasteiger partial charge < -0.3 is 48.8 Å². The van der Waals surface area contributed by atoms with Gasteiger partial charge in [0.15, 0.2) is 0 Å². The molecule has 22 heteroatoms. The first-order valence-corrected chi connectivity index (χ1v) is 29.6. The lowest BCUT2D eigenvalue weighted by atomic mass is 9.87. The van der Waals surface area contributed by atoms with E-state index >= 15 is 0 Å². The third-order valence-corrected chi connectivity index (χ3v) is 16.8. The maximum Gasteiger partial charge on any atom is 0.407 e. The van der Waals surface area contributed by atoms with Crippen LogP contribution < -0.4 is 39.3 Å². The van der Waals surface area contributed by atoms with E-state index in [9.17, 15) is 9.59 Å². The van der Waals surface area contributed by atoms with Gasteiger partial charge in [0.2, 0.25) is 0 Å². The summed E-state index contributed by atoms with van der Waals surface area (Å²) in [5.74, 6) is 2.36. The molecule has 22 nitrogen and oxygen atoms in total. The molecule has 5 fully saturated rings. The molecule has 0 bridgehead atoms. The van der Waals surface area contributed by atoms with E-state index in [1.165, 1.54) is 27.2 Å². The van der Waals surface area contributed by atoms with Gasteiger partial charge in [-0.15, -0.1) is 10.2 Å². The fraction of sp³-hybridized carbons (Fsp3) is 0.897. The molecule has 0 spiro atoms. The molecule has 7 heterocycles. The van der Waals surface area contributed by atoms with Gasteiger partial charge in [0.25, 0.3) is 0 Å². The number of amides is 2. The highest BCUT2D eigenvalue weighted by Gasteiger charge is 2.41. The summed E-state index contributed by atoms with van der Waals surface area (Å²) in [6, 6.07) is 0.982. The van der Waals surface area contributed by atoms with Gasteiger partial charge in [0.1, 0.15) is 0 Å². The molecular formula is C58H118N18O4. The Kier molecular flexibility index (Phi) is 26.3. The minimum atomic E-state index is -0.401. The monoisotopic (exact) mass is 1130 g/mol. The van der Waals surface area contributed by atoms with Crippen molar-refractivity contribution in [2.75, 3.05) is 79.7 Å². The summed E-state index contributed by atoms with van der Waals surface area (Å²) in [4.78, 5) is 34.6. The van der Waals surface area contributed by atoms with Crippen molar-refractivity contribution in [2.45, 2.75) is 227 Å². The maximum absolute atomic E-state index is 11.2. The second-order valence-electron chi connectivity index (χ2n) is 29.1. The summed E-state index contributed by atoms with van der Waals surface area (Å²) in [6.45, 7) is 54.0. The quantitative estimate of drug-likeness (QED) is 0.216. The third-order valence-electron chi connectivity index (χ3n) is 16.8. The number of carbonyl (C=O) groups excluding carboxylic acids is 2. The van der Waals surface area contributed by atoms with E-state index in [1.54, 1.807) is 12.4 Å². The van der Waals surface area contributed by atoms with Crippen molar-refractivity contribution in [1.82, 2.24) is 65.1 Å². The van der Waals surface area contributed by atoms with Crippen LogP contribution in [0.1, 0.15) is 157 Å². The molecule has 0 aromatic carbocycles. The van der Waals surface area contributed by atoms with E-state index in [0.717, 1.165) is 64.8 Å². The van der Waals surface area contributed by atoms with Crippen LogP contribution >= 0.6 is 0 Å². The van der Waals surface area contributed by atoms with Gasteiger partial charge in [-0.2, -0.15) is 0 Å². The first kappa shape index (κ1) is 70.7. The molecule has 0 saturated carbocycles. The highest BCUT2D eigenvalue weighted by Crippen LogP contribution is 2.32. The van der Waals surface area contributed by atoms with Crippen molar-refractivity contribution in [3.63, 3.8) is 0 Å². The van der Waals surface area contributed by atoms with Crippen molar-refractivity contribution < 1.29 is 19.1 Å². The number of methoxy groups -OCH3 is 2. The highest BCUT2D eigenvalue weighted by atomic mass is 16.5. The minimum absolute atomic E-state index is 0.0129. The Morgan fingerprint density at radius 1 is 0.438 bits per heavy atom. The second kappa shape index (κ2) is 29.8. The van der Waals surface area contributed by atoms with Crippen molar-refractivity contribution >= 4 is 12.2 Å². The van der Waals surface area contributed by atoms with Gasteiger partial charge in [-0.1, -0.05) is 45.0 Å². The Bertz CT molecular complexity index is 1890. The molecule has 5 aliphatic rings. The fourth-order valence-electron chi connectivity index (χ4n) is 12.0. The number of carbonyl (C=O) groups is 2. The van der Waals surface area contributed by atoms with Crippen LogP contribution in [0.15, 0.2) is 24.8 Å². The van der Waals surface area contributed by atoms with E-state index in [1.807, 2.05) is 21.8 Å². The van der Waals surface area contributed by atoms with Crippen molar-refractivity contribution in [3.8, 4) is 0 Å². The average Bonchev–Trinajstić information content (AvgIpc) is 4.06. The molecule has 2 aromatic heterocycles. The van der Waals surface area contributed by atoms with Crippen LogP contribution in [0.2, 0.25) is 0 Å². The van der Waals surface area contributed by atoms with Gasteiger partial charge in [0.05, 0.1) is 50.8 Å². The van der Waals surface area contributed by atoms with Crippen LogP contribution in [0.25, 0.3) is 0 Å². The smallest absolute Gasteiger partial charge is 0.407 e. The van der Waals surface area contributed by atoms with Crippen LogP contribution in [0.3, 0.4) is 0 Å². The molecule has 14 atom stereocenters. The molecule has 2 aromatic rings. The Morgan fingerprint density at radius 2 is 0.725 bits per heavy atom. The Balaban J connectivity index is 0.000000264. The molecule has 12 N–H and O–H groups in total. The lowest BCUT2D eigenvalue weighted by Gasteiger charge is -2.46. The van der Waals surface area contributed by atoms with Gasteiger partial charge in [-0.05, 0) is 140 Å². The van der Waals surface area contributed by atoms with Crippen molar-refractivity contribution in [3.05, 3.63) is 24.8 Å². The topological polar surface area (TPSA) is 284 Å². The zero-order valence-corrected chi connectivity index (χ0v) is 54.1. The Labute approximate surface area is 484 Å². The largest absolute Gasteiger partial charge is 0.453 e. The summed E-state index contributed by atoms with van der Waals surface area (Å²) in [5, 5.41) is 21.6. The zero-order valence-electron chi connectivity index (χ0n) is 54.1. The standard InChI is InChI=1S/2C12H23N5.2C12H25N3O2.C10H22N2/c2*1-9-7-16(12(2,3)4)8-10(13)11(9)17-6-5-14-15-17;2*1-8-6-15(12(2,3)4)7-9(13)10(8)14-11(16)17-5;1-8-5-9(11)7-12(6-8)10(2,3)4/h2*5-6,9-11H,7-8,13H2,1-4H3;2*8-10H,6-7,13H2,1-5H3,(H,14,16);8-9H,5-7,11H2,1-4H3/t9-,10+,11+;9-,10+,11-;8-,9+,10+;8-,9+,10-;8-,9+/m00000/s1. The predicted octanol–water partition coefficient (Wildman–Crippen LogP) is 4.82. The van der Waals surface area contributed by atoms with Crippen LogP contribution in [0.5, 0.6) is 0 Å². The number of hydrogen-bond acceptors (Lipinski definition) is 18. The number of piperidine rings is 5. The number of ether oxygens (including phenoxy) is 2. The number of alkyl carbamates (subject to hydrolysis) is 2. The molecule has 5 saturated heterocycles. The lowest BCUT2D eigenvalue weighted by Crippen LogP contribution is -2.64. The van der Waals surface area contributed by atoms with Crippen LogP contribution in [0.4, 0.5) is 9.59 Å². The summed E-state index contributed by atoms with van der Waals surface area (Å²) in [5.41, 5.74) is 31.8. The molecule has 80 heavy (non-hydrogen) atoms. The SMILES string of the molecule is COC(=O)N[C@@H]1[C@H](N)CN(C(C)(C)C)C[C@@H]1C.COC(=O)N[C@H]1[C@H](N)CN(C(C)(C)C)C[C@@H]1C.C[C@H]1CN(C(C)(C)C)C[C@@H](N)[C@@H]1n1ccnn1.C[C@H]1CN(C(C)(C)C)C[C@@H](N)[C@H]1n1ccnn1.C[C@H]1C[C@@H](N)CN(C(C)(C)C)C1. The van der Waals surface area contributed by atoms with Crippen LogP contribution in [0, 0.1) is 29.6 Å². The van der Waals surface area contributed by atoms with E-state index in [0.29, 0.717) is 29.7 Å². The fourth-order valence-corrected chi connectivity index (χ4v) is 12.0. The Morgan fingerprint density at radius 3 is 0.963 bits per heavy atom. The van der Waals surface area contributed by atoms with E-state index < -0.39 is 12.2 Å². The molecule has 2 amide bonds. The van der Waals surface area contributed by atoms with Gasteiger partial charge >= 0.3 is 12.2 Å². The molecular weight excluding hydrogens is 1010 g/mol. The van der Waals surface area contributed by atoms with Gasteiger partial charge in [-0.25, -0.2) is 19.0 Å². The molecule has 0 unspecified atom stereocenters. The number of nitrogens with one attached hydrogen (secondary N) is 2. The second-order valence-corrected chi connectivity index (χ2v) is 29.1. The van der Waals surface area contributed by atoms with Crippen molar-refractivity contribution in [2.24, 2.45) is 58.3 Å². The number of aromatic nitrogens is 6. The lowest BCUT2D eigenvalue weighted by molar-refractivity contribution is 0.0386. The predicted molar refractivity (Wildman–Crippen MR) is 324 cm³/mol. The van der Waals surface area contributed by atoms with Crippen molar-refractivity contribution in [1.29, 1.82) is 0 Å².